The van der Waals surface area contributed by atoms with Crippen LogP contribution in [0.5, 0.6) is 0 Å². The second kappa shape index (κ2) is 12.7. The lowest BCUT2D eigenvalue weighted by Gasteiger charge is -2.34. The van der Waals surface area contributed by atoms with Crippen LogP contribution in [-0.2, 0) is 16.6 Å². The van der Waals surface area contributed by atoms with Crippen LogP contribution in [0.25, 0.3) is 10.2 Å². The molecule has 2 heterocycles. The molecule has 210 valence electrons. The Labute approximate surface area is 244 Å². The van der Waals surface area contributed by atoms with E-state index in [1.54, 1.807) is 23.5 Å². The van der Waals surface area contributed by atoms with Crippen LogP contribution < -0.4 is 10.2 Å². The molecule has 11 heteroatoms. The highest BCUT2D eigenvalue weighted by atomic mass is 35.5. The molecule has 0 radical (unpaired) electrons. The zero-order chi connectivity index (χ0) is 28.1. The summed E-state index contributed by atoms with van der Waals surface area (Å²) in [5.74, 6) is -0.215. The van der Waals surface area contributed by atoms with E-state index in [0.29, 0.717) is 25.2 Å². The molecule has 0 bridgehead atoms. The number of carbonyl (C=O) groups excluding carboxylic acids is 1. The van der Waals surface area contributed by atoms with Gasteiger partial charge >= 0.3 is 0 Å². The number of thiazole rings is 1. The van der Waals surface area contributed by atoms with Gasteiger partial charge in [0.05, 0.1) is 15.1 Å². The number of nitrogens with one attached hydrogen (secondary N) is 1. The normalized spacial score (nSPS) is 14.6. The van der Waals surface area contributed by atoms with Crippen molar-refractivity contribution in [3.8, 4) is 0 Å². The average Bonchev–Trinajstić information content (AvgIpc) is 3.40. The number of hydrogen-bond acceptors (Lipinski definition) is 7. The lowest BCUT2D eigenvalue weighted by Crippen LogP contribution is -2.48. The van der Waals surface area contributed by atoms with Crippen molar-refractivity contribution >= 4 is 54.2 Å². The van der Waals surface area contributed by atoms with Crippen LogP contribution in [0.2, 0.25) is 5.02 Å². The summed E-state index contributed by atoms with van der Waals surface area (Å²) < 4.78 is 28.9. The van der Waals surface area contributed by atoms with E-state index in [1.165, 1.54) is 16.4 Å². The summed E-state index contributed by atoms with van der Waals surface area (Å²) >= 11 is 7.77. The summed E-state index contributed by atoms with van der Waals surface area (Å²) in [6.45, 7) is 7.24. The molecule has 1 amide bonds. The van der Waals surface area contributed by atoms with Gasteiger partial charge in [0.2, 0.25) is 10.0 Å². The van der Waals surface area contributed by atoms with Gasteiger partial charge in [-0.25, -0.2) is 13.4 Å². The quantitative estimate of drug-likeness (QED) is 0.285. The Morgan fingerprint density at radius 2 is 1.75 bits per heavy atom. The third-order valence-electron chi connectivity index (χ3n) is 7.00. The van der Waals surface area contributed by atoms with E-state index < -0.39 is 10.0 Å². The Hall–Kier alpha value is -3.02. The second-order valence-corrected chi connectivity index (χ2v) is 13.0. The molecule has 1 aliphatic rings. The second-order valence-electron chi connectivity index (χ2n) is 9.63. The number of sulfonamides is 1. The minimum atomic E-state index is -3.68. The van der Waals surface area contributed by atoms with Crippen molar-refractivity contribution in [1.29, 1.82) is 0 Å². The number of amides is 1. The molecule has 3 aromatic carbocycles. The van der Waals surface area contributed by atoms with E-state index in [-0.39, 0.29) is 10.8 Å². The van der Waals surface area contributed by atoms with Crippen LogP contribution in [0.4, 0.5) is 5.13 Å². The Balaban J connectivity index is 1.09. The van der Waals surface area contributed by atoms with Crippen LogP contribution >= 0.6 is 22.9 Å². The van der Waals surface area contributed by atoms with Crippen molar-refractivity contribution in [3.05, 3.63) is 88.9 Å². The Morgan fingerprint density at radius 3 is 2.45 bits per heavy atom. The van der Waals surface area contributed by atoms with Crippen molar-refractivity contribution in [2.75, 3.05) is 50.7 Å². The summed E-state index contributed by atoms with van der Waals surface area (Å²) in [7, 11) is -3.68. The molecule has 4 aromatic rings. The Kier molecular flexibility index (Phi) is 9.02. The van der Waals surface area contributed by atoms with Gasteiger partial charge in [-0.05, 0) is 48.0 Å². The first kappa shape index (κ1) is 28.5. The zero-order valence-corrected chi connectivity index (χ0v) is 24.7. The van der Waals surface area contributed by atoms with E-state index in [2.05, 4.69) is 15.1 Å². The maximum Gasteiger partial charge on any atom is 0.251 e. The monoisotopic (exact) mass is 597 g/mol. The molecule has 0 spiro atoms. The molecule has 5 rings (SSSR count). The standard InChI is InChI=1S/C29H32ClN5O3S2/c1-2-35(21-22-6-4-3-5-7-22)40(37,38)25-11-8-23(9-12-25)28(36)31-14-15-33-16-18-34(19-17-33)29-32-26-13-10-24(30)20-27(26)39-29/h3-13,20H,2,14-19,21H2,1H3,(H,31,36). The van der Waals surface area contributed by atoms with E-state index >= 15 is 0 Å². The Bertz CT molecular complexity index is 1550. The molecular weight excluding hydrogens is 566 g/mol. The molecule has 1 saturated heterocycles. The van der Waals surface area contributed by atoms with Crippen LogP contribution in [0, 0.1) is 0 Å². The largest absolute Gasteiger partial charge is 0.351 e. The summed E-state index contributed by atoms with van der Waals surface area (Å²) in [6.07, 6.45) is 0. The van der Waals surface area contributed by atoms with Crippen LogP contribution in [-0.4, -0.2) is 74.3 Å². The van der Waals surface area contributed by atoms with Gasteiger partial charge in [0.25, 0.3) is 5.91 Å². The first-order valence-electron chi connectivity index (χ1n) is 13.3. The lowest BCUT2D eigenvalue weighted by atomic mass is 10.2. The number of anilines is 1. The van der Waals surface area contributed by atoms with Gasteiger partial charge in [-0.3, -0.25) is 9.69 Å². The molecule has 0 saturated carbocycles. The van der Waals surface area contributed by atoms with Gasteiger partial charge < -0.3 is 10.2 Å². The molecule has 1 N–H and O–H groups in total. The lowest BCUT2D eigenvalue weighted by molar-refractivity contribution is 0.0947. The Morgan fingerprint density at radius 1 is 1.02 bits per heavy atom. The molecular formula is C29H32ClN5O3S2. The predicted molar refractivity (Wildman–Crippen MR) is 162 cm³/mol. The number of carbonyl (C=O) groups is 1. The van der Waals surface area contributed by atoms with Crippen molar-refractivity contribution in [2.24, 2.45) is 0 Å². The van der Waals surface area contributed by atoms with Crippen molar-refractivity contribution in [3.63, 3.8) is 0 Å². The molecule has 1 aliphatic heterocycles. The zero-order valence-electron chi connectivity index (χ0n) is 22.3. The SMILES string of the molecule is CCN(Cc1ccccc1)S(=O)(=O)c1ccc(C(=O)NCCN2CCN(c3nc4ccc(Cl)cc4s3)CC2)cc1. The highest BCUT2D eigenvalue weighted by molar-refractivity contribution is 7.89. The number of hydrogen-bond donors (Lipinski definition) is 1. The maximum atomic E-state index is 13.2. The molecule has 0 aliphatic carbocycles. The molecule has 8 nitrogen and oxygen atoms in total. The van der Waals surface area contributed by atoms with E-state index in [0.717, 1.165) is 58.7 Å². The average molecular weight is 598 g/mol. The van der Waals surface area contributed by atoms with Gasteiger partial charge in [-0.15, -0.1) is 0 Å². The number of nitrogens with zero attached hydrogens (tertiary/aromatic N) is 4. The highest BCUT2D eigenvalue weighted by Crippen LogP contribution is 2.31. The third kappa shape index (κ3) is 6.64. The smallest absolute Gasteiger partial charge is 0.251 e. The van der Waals surface area contributed by atoms with E-state index in [1.807, 2.05) is 55.5 Å². The van der Waals surface area contributed by atoms with E-state index in [9.17, 15) is 13.2 Å². The highest BCUT2D eigenvalue weighted by Gasteiger charge is 2.24. The predicted octanol–water partition coefficient (Wildman–Crippen LogP) is 4.71. The fourth-order valence-corrected chi connectivity index (χ4v) is 7.43. The van der Waals surface area contributed by atoms with Gasteiger partial charge in [-0.1, -0.05) is 60.2 Å². The van der Waals surface area contributed by atoms with Gasteiger partial charge in [0.15, 0.2) is 5.13 Å². The van der Waals surface area contributed by atoms with Gasteiger partial charge in [0.1, 0.15) is 0 Å². The number of halogens is 1. The van der Waals surface area contributed by atoms with Crippen LogP contribution in [0.15, 0.2) is 77.7 Å². The van der Waals surface area contributed by atoms with E-state index in [4.69, 9.17) is 16.6 Å². The molecule has 0 atom stereocenters. The molecule has 40 heavy (non-hydrogen) atoms. The number of aromatic nitrogens is 1. The van der Waals surface area contributed by atoms with Crippen LogP contribution in [0.3, 0.4) is 0 Å². The fourth-order valence-electron chi connectivity index (χ4n) is 4.70. The summed E-state index contributed by atoms with van der Waals surface area (Å²) in [5.41, 5.74) is 2.33. The third-order valence-corrected chi connectivity index (χ3v) is 10.3. The minimum absolute atomic E-state index is 0.177. The molecule has 1 aromatic heterocycles. The number of fused-ring (bicyclic) bond motifs is 1. The van der Waals surface area contributed by atoms with Gasteiger partial charge in [0, 0.05) is 62.9 Å². The van der Waals surface area contributed by atoms with Crippen LogP contribution in [0.1, 0.15) is 22.8 Å². The topological polar surface area (TPSA) is 85.8 Å². The first-order chi connectivity index (χ1) is 19.3. The minimum Gasteiger partial charge on any atom is -0.351 e. The fraction of sp³-hybridized carbons (Fsp3) is 0.310. The van der Waals surface area contributed by atoms with Crippen molar-refractivity contribution in [1.82, 2.24) is 19.5 Å². The van der Waals surface area contributed by atoms with Crippen molar-refractivity contribution in [2.45, 2.75) is 18.4 Å². The summed E-state index contributed by atoms with van der Waals surface area (Å²) in [5, 5.41) is 4.69. The number of benzene rings is 3. The maximum absolute atomic E-state index is 13.2. The molecule has 1 fully saturated rings. The first-order valence-corrected chi connectivity index (χ1v) is 15.9. The molecule has 0 unspecified atom stereocenters. The number of rotatable bonds is 10. The number of piperazine rings is 1. The summed E-state index contributed by atoms with van der Waals surface area (Å²) in [6, 6.07) is 21.4. The van der Waals surface area contributed by atoms with Crippen molar-refractivity contribution < 1.29 is 13.2 Å². The van der Waals surface area contributed by atoms with Gasteiger partial charge in [-0.2, -0.15) is 4.31 Å². The summed E-state index contributed by atoms with van der Waals surface area (Å²) in [4.78, 5) is 22.2.